The zero-order valence-corrected chi connectivity index (χ0v) is 18.9. The molecule has 9 heteroatoms. The third-order valence-electron chi connectivity index (χ3n) is 4.93. The lowest BCUT2D eigenvalue weighted by Crippen LogP contribution is -2.44. The monoisotopic (exact) mass is 470 g/mol. The molecule has 0 spiro atoms. The number of halogens is 2. The number of anilines is 1. The van der Waals surface area contributed by atoms with Crippen molar-refractivity contribution in [2.45, 2.75) is 25.5 Å². The molecule has 1 atom stereocenters. The number of carbonyl (C=O) groups excluding carboxylic acids is 1. The Bertz CT molecular complexity index is 1010. The van der Waals surface area contributed by atoms with Crippen LogP contribution in [0.25, 0.3) is 0 Å². The van der Waals surface area contributed by atoms with Crippen molar-refractivity contribution < 1.29 is 17.9 Å². The number of sulfonamides is 1. The third kappa shape index (κ3) is 5.66. The number of piperidine rings is 1. The summed E-state index contributed by atoms with van der Waals surface area (Å²) in [5.41, 5.74) is 1.14. The summed E-state index contributed by atoms with van der Waals surface area (Å²) in [7, 11) is -3.60. The molecular weight excluding hydrogens is 447 g/mol. The highest BCUT2D eigenvalue weighted by Crippen LogP contribution is 2.28. The van der Waals surface area contributed by atoms with Gasteiger partial charge in [0, 0.05) is 13.1 Å². The van der Waals surface area contributed by atoms with Crippen LogP contribution in [0.2, 0.25) is 10.0 Å². The second-order valence-corrected chi connectivity index (χ2v) is 9.90. The maximum absolute atomic E-state index is 12.9. The normalized spacial score (nSPS) is 17.5. The van der Waals surface area contributed by atoms with Gasteiger partial charge in [-0.3, -0.25) is 4.79 Å². The molecule has 162 valence electrons. The fraction of sp³-hybridized carbons (Fsp3) is 0.381. The van der Waals surface area contributed by atoms with E-state index < -0.39 is 15.9 Å². The lowest BCUT2D eigenvalue weighted by molar-refractivity contribution is -0.120. The molecule has 0 radical (unpaired) electrons. The first-order valence-electron chi connectivity index (χ1n) is 9.74. The van der Waals surface area contributed by atoms with Crippen LogP contribution in [-0.4, -0.2) is 38.3 Å². The molecule has 2 aromatic rings. The summed E-state index contributed by atoms with van der Waals surface area (Å²) in [6.07, 6.45) is 1.24. The number of benzene rings is 2. The summed E-state index contributed by atoms with van der Waals surface area (Å²) < 4.78 is 32.8. The number of nitrogens with zero attached hydrogens (tertiary/aromatic N) is 1. The first-order valence-corrected chi connectivity index (χ1v) is 12.1. The van der Waals surface area contributed by atoms with Gasteiger partial charge in [0.05, 0.1) is 34.0 Å². The molecule has 0 bridgehead atoms. The van der Waals surface area contributed by atoms with E-state index >= 15 is 0 Å². The molecule has 1 aliphatic rings. The van der Waals surface area contributed by atoms with Gasteiger partial charge in [-0.05, 0) is 49.6 Å². The van der Waals surface area contributed by atoms with E-state index in [1.807, 2.05) is 19.1 Å². The van der Waals surface area contributed by atoms with E-state index in [0.717, 1.165) is 0 Å². The van der Waals surface area contributed by atoms with Crippen LogP contribution in [0.3, 0.4) is 0 Å². The van der Waals surface area contributed by atoms with E-state index in [9.17, 15) is 13.2 Å². The molecule has 1 saturated heterocycles. The largest absolute Gasteiger partial charge is 0.492 e. The van der Waals surface area contributed by atoms with Gasteiger partial charge in [0.1, 0.15) is 5.75 Å². The molecule has 2 aromatic carbocycles. The topological polar surface area (TPSA) is 75.7 Å². The minimum absolute atomic E-state index is 0.145. The number of hydrogen-bond acceptors (Lipinski definition) is 4. The molecule has 0 unspecified atom stereocenters. The number of amides is 1. The van der Waals surface area contributed by atoms with E-state index in [4.69, 9.17) is 27.9 Å². The Hall–Kier alpha value is -1.80. The van der Waals surface area contributed by atoms with Gasteiger partial charge in [-0.2, -0.15) is 0 Å². The van der Waals surface area contributed by atoms with Crippen molar-refractivity contribution in [3.63, 3.8) is 0 Å². The van der Waals surface area contributed by atoms with Crippen LogP contribution in [0.4, 0.5) is 5.69 Å². The van der Waals surface area contributed by atoms with Crippen LogP contribution in [0, 0.1) is 5.92 Å². The van der Waals surface area contributed by atoms with E-state index in [1.54, 1.807) is 30.3 Å². The van der Waals surface area contributed by atoms with Crippen LogP contribution in [0.5, 0.6) is 5.75 Å². The molecule has 1 aliphatic heterocycles. The molecule has 6 nitrogen and oxygen atoms in total. The molecule has 0 aliphatic carbocycles. The van der Waals surface area contributed by atoms with Crippen molar-refractivity contribution in [2.24, 2.45) is 5.92 Å². The van der Waals surface area contributed by atoms with Gasteiger partial charge in [-0.1, -0.05) is 41.4 Å². The SMILES string of the molecule is CCOc1ccccc1NC(=O)[C@H]1CCCN(S(=O)(=O)Cc2ccc(Cl)c(Cl)c2)C1. The van der Waals surface area contributed by atoms with Gasteiger partial charge in [0.25, 0.3) is 0 Å². The number of carbonyl (C=O) groups is 1. The fourth-order valence-corrected chi connectivity index (χ4v) is 5.34. The van der Waals surface area contributed by atoms with Crippen molar-refractivity contribution in [1.29, 1.82) is 0 Å². The Labute approximate surface area is 187 Å². The Balaban J connectivity index is 1.68. The lowest BCUT2D eigenvalue weighted by atomic mass is 9.98. The van der Waals surface area contributed by atoms with Crippen molar-refractivity contribution in [3.05, 3.63) is 58.1 Å². The van der Waals surface area contributed by atoms with Gasteiger partial charge >= 0.3 is 0 Å². The number of ether oxygens (including phenoxy) is 1. The lowest BCUT2D eigenvalue weighted by Gasteiger charge is -2.31. The summed E-state index contributed by atoms with van der Waals surface area (Å²) in [6, 6.07) is 12.0. The van der Waals surface area contributed by atoms with Crippen molar-refractivity contribution in [1.82, 2.24) is 4.31 Å². The number of nitrogens with one attached hydrogen (secondary N) is 1. The smallest absolute Gasteiger partial charge is 0.228 e. The van der Waals surface area contributed by atoms with Crippen LogP contribution < -0.4 is 10.1 Å². The Morgan fingerprint density at radius 2 is 1.97 bits per heavy atom. The van der Waals surface area contributed by atoms with Gasteiger partial charge in [-0.25, -0.2) is 12.7 Å². The molecular formula is C21H24Cl2N2O4S. The fourth-order valence-electron chi connectivity index (χ4n) is 3.43. The Kier molecular flexibility index (Phi) is 7.63. The quantitative estimate of drug-likeness (QED) is 0.642. The molecule has 3 rings (SSSR count). The summed E-state index contributed by atoms with van der Waals surface area (Å²) in [5.74, 6) is -0.243. The summed E-state index contributed by atoms with van der Waals surface area (Å²) in [6.45, 7) is 2.89. The average Bonchev–Trinajstić information content (AvgIpc) is 2.72. The highest BCUT2D eigenvalue weighted by atomic mass is 35.5. The van der Waals surface area contributed by atoms with Crippen LogP contribution in [0.1, 0.15) is 25.3 Å². The third-order valence-corrected chi connectivity index (χ3v) is 7.48. The highest BCUT2D eigenvalue weighted by molar-refractivity contribution is 7.88. The van der Waals surface area contributed by atoms with Gasteiger partial charge in [-0.15, -0.1) is 0 Å². The van der Waals surface area contributed by atoms with E-state index in [0.29, 0.717) is 53.0 Å². The molecule has 1 heterocycles. The van der Waals surface area contributed by atoms with Crippen molar-refractivity contribution in [2.75, 3.05) is 25.0 Å². The van der Waals surface area contributed by atoms with Crippen molar-refractivity contribution >= 4 is 44.8 Å². The number of para-hydroxylation sites is 2. The maximum atomic E-state index is 12.9. The standard InChI is InChI=1S/C21H24Cl2N2O4S/c1-2-29-20-8-4-3-7-19(20)24-21(26)16-6-5-11-25(13-16)30(27,28)14-15-9-10-17(22)18(23)12-15/h3-4,7-10,12,16H,2,5-6,11,13-14H2,1H3,(H,24,26)/t16-/m0/s1. The van der Waals surface area contributed by atoms with E-state index in [2.05, 4.69) is 5.32 Å². The predicted molar refractivity (Wildman–Crippen MR) is 120 cm³/mol. The van der Waals surface area contributed by atoms with Crippen LogP contribution in [-0.2, 0) is 20.6 Å². The Morgan fingerprint density at radius 3 is 2.70 bits per heavy atom. The molecule has 1 N–H and O–H groups in total. The van der Waals surface area contributed by atoms with Crippen molar-refractivity contribution in [3.8, 4) is 5.75 Å². The minimum Gasteiger partial charge on any atom is -0.492 e. The number of rotatable bonds is 7. The molecule has 0 saturated carbocycles. The number of hydrogen-bond donors (Lipinski definition) is 1. The molecule has 30 heavy (non-hydrogen) atoms. The zero-order chi connectivity index (χ0) is 21.7. The van der Waals surface area contributed by atoms with Gasteiger partial charge in [0.2, 0.25) is 15.9 Å². The first-order chi connectivity index (χ1) is 14.3. The van der Waals surface area contributed by atoms with Crippen LogP contribution in [0.15, 0.2) is 42.5 Å². The summed E-state index contributed by atoms with van der Waals surface area (Å²) in [5, 5.41) is 3.57. The van der Waals surface area contributed by atoms with Gasteiger partial charge < -0.3 is 10.1 Å². The average molecular weight is 471 g/mol. The summed E-state index contributed by atoms with van der Waals surface area (Å²) >= 11 is 11.9. The Morgan fingerprint density at radius 1 is 1.20 bits per heavy atom. The van der Waals surface area contributed by atoms with E-state index in [1.165, 1.54) is 4.31 Å². The summed E-state index contributed by atoms with van der Waals surface area (Å²) in [4.78, 5) is 12.8. The second kappa shape index (κ2) is 10.0. The highest BCUT2D eigenvalue weighted by Gasteiger charge is 2.32. The minimum atomic E-state index is -3.60. The van der Waals surface area contributed by atoms with Gasteiger partial charge in [0.15, 0.2) is 0 Å². The molecule has 1 amide bonds. The van der Waals surface area contributed by atoms with E-state index in [-0.39, 0.29) is 18.2 Å². The maximum Gasteiger partial charge on any atom is 0.228 e. The molecule has 0 aromatic heterocycles. The second-order valence-electron chi connectivity index (χ2n) is 7.12. The first kappa shape index (κ1) is 22.9. The molecule has 1 fully saturated rings. The van der Waals surface area contributed by atoms with Crippen LogP contribution >= 0.6 is 23.2 Å². The predicted octanol–water partition coefficient (Wildman–Crippen LogP) is 4.57. The zero-order valence-electron chi connectivity index (χ0n) is 16.6.